The fraction of sp³-hybridized carbons (Fsp3) is 0.333. The number of rotatable bonds is 4. The highest BCUT2D eigenvalue weighted by Crippen LogP contribution is 2.35. The summed E-state index contributed by atoms with van der Waals surface area (Å²) in [6.07, 6.45) is 0. The van der Waals surface area contributed by atoms with Gasteiger partial charge in [-0.25, -0.2) is 8.42 Å². The average Bonchev–Trinajstić information content (AvgIpc) is 2.77. The number of hydrogen-bond acceptors (Lipinski definition) is 4. The number of fused-ring (bicyclic) bond motifs is 1. The molecule has 5 nitrogen and oxygen atoms in total. The van der Waals surface area contributed by atoms with Crippen molar-refractivity contribution in [1.29, 1.82) is 0 Å². The maximum Gasteiger partial charge on any atom is 0.261 e. The van der Waals surface area contributed by atoms with E-state index in [0.717, 1.165) is 12.1 Å². The zero-order chi connectivity index (χ0) is 18.9. The minimum atomic E-state index is -3.71. The van der Waals surface area contributed by atoms with Gasteiger partial charge < -0.3 is 4.74 Å². The standard InChI is InChI=1S/C18H20BrClN2O3S/c1-12(2)22-6-7-25-18-13(11-22)8-15(10-17(18)20)21-26(23,24)16-5-3-4-14(19)9-16/h3-5,8-10,12,21H,6-7,11H2,1-2H3. The quantitative estimate of drug-likeness (QED) is 0.731. The summed E-state index contributed by atoms with van der Waals surface area (Å²) in [5.74, 6) is 0.625. The highest BCUT2D eigenvalue weighted by atomic mass is 79.9. The van der Waals surface area contributed by atoms with Crippen LogP contribution in [0.4, 0.5) is 5.69 Å². The van der Waals surface area contributed by atoms with Crippen LogP contribution in [-0.4, -0.2) is 32.5 Å². The van der Waals surface area contributed by atoms with E-state index in [1.807, 2.05) is 0 Å². The van der Waals surface area contributed by atoms with Gasteiger partial charge in [-0.15, -0.1) is 0 Å². The van der Waals surface area contributed by atoms with Crippen LogP contribution in [0.15, 0.2) is 45.8 Å². The van der Waals surface area contributed by atoms with Gasteiger partial charge in [-0.1, -0.05) is 33.6 Å². The monoisotopic (exact) mass is 458 g/mol. The van der Waals surface area contributed by atoms with Crippen LogP contribution in [0.3, 0.4) is 0 Å². The Labute approximate surface area is 167 Å². The number of benzene rings is 2. The summed E-state index contributed by atoms with van der Waals surface area (Å²) in [5, 5.41) is 0.403. The topological polar surface area (TPSA) is 58.6 Å². The van der Waals surface area contributed by atoms with Crippen LogP contribution in [0.2, 0.25) is 5.02 Å². The van der Waals surface area contributed by atoms with E-state index in [1.54, 1.807) is 36.4 Å². The number of sulfonamides is 1. The van der Waals surface area contributed by atoms with Crippen molar-refractivity contribution in [3.05, 3.63) is 51.5 Å². The summed E-state index contributed by atoms with van der Waals surface area (Å²) in [5.41, 5.74) is 1.29. The molecule has 1 heterocycles. The Morgan fingerprint density at radius 1 is 1.27 bits per heavy atom. The van der Waals surface area contributed by atoms with Crippen molar-refractivity contribution in [2.24, 2.45) is 0 Å². The van der Waals surface area contributed by atoms with E-state index in [0.29, 0.717) is 40.1 Å². The van der Waals surface area contributed by atoms with Crippen LogP contribution in [0.25, 0.3) is 0 Å². The lowest BCUT2D eigenvalue weighted by Gasteiger charge is -2.23. The van der Waals surface area contributed by atoms with Crippen LogP contribution in [0, 0.1) is 0 Å². The fourth-order valence-corrected chi connectivity index (χ4v) is 4.77. The summed E-state index contributed by atoms with van der Waals surface area (Å²) in [6, 6.07) is 10.3. The molecule has 140 valence electrons. The molecule has 1 N–H and O–H groups in total. The molecule has 0 unspecified atom stereocenters. The van der Waals surface area contributed by atoms with Gasteiger partial charge in [0.1, 0.15) is 12.4 Å². The van der Waals surface area contributed by atoms with Gasteiger partial charge in [-0.2, -0.15) is 0 Å². The summed E-state index contributed by atoms with van der Waals surface area (Å²) in [7, 11) is -3.71. The molecule has 1 aliphatic heterocycles. The van der Waals surface area contributed by atoms with Gasteiger partial charge in [0.25, 0.3) is 10.0 Å². The van der Waals surface area contributed by atoms with Crippen LogP contribution >= 0.6 is 27.5 Å². The molecular weight excluding hydrogens is 440 g/mol. The molecule has 0 aliphatic carbocycles. The molecule has 0 atom stereocenters. The van der Waals surface area contributed by atoms with Crippen molar-refractivity contribution in [1.82, 2.24) is 4.90 Å². The lowest BCUT2D eigenvalue weighted by molar-refractivity contribution is 0.189. The van der Waals surface area contributed by atoms with Crippen LogP contribution in [0.5, 0.6) is 5.75 Å². The van der Waals surface area contributed by atoms with Crippen LogP contribution in [0.1, 0.15) is 19.4 Å². The second kappa shape index (κ2) is 7.76. The third-order valence-electron chi connectivity index (χ3n) is 4.21. The summed E-state index contributed by atoms with van der Waals surface area (Å²) in [4.78, 5) is 2.44. The minimum Gasteiger partial charge on any atom is -0.490 e. The third-order valence-corrected chi connectivity index (χ3v) is 6.36. The number of nitrogens with zero attached hydrogens (tertiary/aromatic N) is 1. The Hall–Kier alpha value is -1.28. The Morgan fingerprint density at radius 2 is 2.04 bits per heavy atom. The van der Waals surface area contributed by atoms with Crippen molar-refractivity contribution in [3.8, 4) is 5.75 Å². The van der Waals surface area contributed by atoms with Crippen molar-refractivity contribution < 1.29 is 13.2 Å². The molecule has 2 aromatic rings. The largest absolute Gasteiger partial charge is 0.490 e. The SMILES string of the molecule is CC(C)N1CCOc2c(Cl)cc(NS(=O)(=O)c3cccc(Br)c3)cc2C1. The molecule has 1 aliphatic rings. The average molecular weight is 460 g/mol. The van der Waals surface area contributed by atoms with Crippen molar-refractivity contribution >= 4 is 43.2 Å². The maximum absolute atomic E-state index is 12.7. The molecular formula is C18H20BrClN2O3S. The number of nitrogens with one attached hydrogen (secondary N) is 1. The van der Waals surface area contributed by atoms with Gasteiger partial charge in [-0.05, 0) is 44.2 Å². The van der Waals surface area contributed by atoms with Crippen molar-refractivity contribution in [2.45, 2.75) is 31.3 Å². The highest BCUT2D eigenvalue weighted by molar-refractivity contribution is 9.10. The Morgan fingerprint density at radius 3 is 2.73 bits per heavy atom. The van der Waals surface area contributed by atoms with Gasteiger partial charge in [0.05, 0.1) is 15.6 Å². The number of anilines is 1. The van der Waals surface area contributed by atoms with Crippen molar-refractivity contribution in [2.75, 3.05) is 17.9 Å². The second-order valence-corrected chi connectivity index (χ2v) is 9.43. The van der Waals surface area contributed by atoms with E-state index in [2.05, 4.69) is 39.4 Å². The lowest BCUT2D eigenvalue weighted by Crippen LogP contribution is -2.32. The van der Waals surface area contributed by atoms with Gasteiger partial charge in [0.15, 0.2) is 0 Å². The van der Waals surface area contributed by atoms with Crippen molar-refractivity contribution in [3.63, 3.8) is 0 Å². The predicted molar refractivity (Wildman–Crippen MR) is 107 cm³/mol. The maximum atomic E-state index is 12.7. The molecule has 26 heavy (non-hydrogen) atoms. The molecule has 0 amide bonds. The predicted octanol–water partition coefficient (Wildman–Crippen LogP) is 4.51. The van der Waals surface area contributed by atoms with E-state index < -0.39 is 10.0 Å². The molecule has 0 spiro atoms. The molecule has 0 bridgehead atoms. The molecule has 8 heteroatoms. The molecule has 0 saturated heterocycles. The first-order valence-corrected chi connectivity index (χ1v) is 10.9. The van der Waals surface area contributed by atoms with E-state index in [4.69, 9.17) is 16.3 Å². The first-order chi connectivity index (χ1) is 12.3. The van der Waals surface area contributed by atoms with Gasteiger partial charge >= 0.3 is 0 Å². The van der Waals surface area contributed by atoms with E-state index in [-0.39, 0.29) is 4.90 Å². The first-order valence-electron chi connectivity index (χ1n) is 8.24. The Balaban J connectivity index is 1.93. The first kappa shape index (κ1) is 19.5. The van der Waals surface area contributed by atoms with E-state index >= 15 is 0 Å². The third kappa shape index (κ3) is 4.34. The van der Waals surface area contributed by atoms with Gasteiger partial charge in [-0.3, -0.25) is 9.62 Å². The van der Waals surface area contributed by atoms with Gasteiger partial charge in [0.2, 0.25) is 0 Å². The van der Waals surface area contributed by atoms with E-state index in [1.165, 1.54) is 0 Å². The van der Waals surface area contributed by atoms with Crippen LogP contribution in [-0.2, 0) is 16.6 Å². The summed E-state index contributed by atoms with van der Waals surface area (Å²) < 4.78 is 34.4. The zero-order valence-electron chi connectivity index (χ0n) is 14.5. The fourth-order valence-electron chi connectivity index (χ4n) is 2.84. The minimum absolute atomic E-state index is 0.179. The number of halogens is 2. The normalized spacial score (nSPS) is 15.3. The molecule has 3 rings (SSSR count). The second-order valence-electron chi connectivity index (χ2n) is 6.42. The molecule has 0 fully saturated rings. The highest BCUT2D eigenvalue weighted by Gasteiger charge is 2.22. The smallest absolute Gasteiger partial charge is 0.261 e. The van der Waals surface area contributed by atoms with Gasteiger partial charge in [0, 0.05) is 29.2 Å². The Kier molecular flexibility index (Phi) is 5.81. The summed E-state index contributed by atoms with van der Waals surface area (Å²) >= 11 is 9.66. The molecule has 2 aromatic carbocycles. The molecule has 0 saturated carbocycles. The molecule has 0 radical (unpaired) electrons. The zero-order valence-corrected chi connectivity index (χ0v) is 17.7. The van der Waals surface area contributed by atoms with E-state index in [9.17, 15) is 8.42 Å². The summed E-state index contributed by atoms with van der Waals surface area (Å²) in [6.45, 7) is 6.23. The number of ether oxygens (including phenoxy) is 1. The lowest BCUT2D eigenvalue weighted by atomic mass is 10.1. The Bertz CT molecular complexity index is 919. The van der Waals surface area contributed by atoms with Crippen LogP contribution < -0.4 is 9.46 Å². The molecule has 0 aromatic heterocycles. The number of hydrogen-bond donors (Lipinski definition) is 1.